The van der Waals surface area contributed by atoms with Crippen LogP contribution in [-0.4, -0.2) is 6.43 Å². The molecule has 0 aromatic heterocycles. The first-order valence-corrected chi connectivity index (χ1v) is 7.87. The maximum atomic E-state index is 13.9. The van der Waals surface area contributed by atoms with Crippen LogP contribution in [0, 0.1) is 11.6 Å². The smallest absolute Gasteiger partial charge is 0.260 e. The van der Waals surface area contributed by atoms with Crippen molar-refractivity contribution in [3.05, 3.63) is 77.1 Å². The molecule has 0 bridgehead atoms. The molecular weight excluding hydrogens is 332 g/mol. The van der Waals surface area contributed by atoms with Crippen molar-refractivity contribution in [3.63, 3.8) is 0 Å². The summed E-state index contributed by atoms with van der Waals surface area (Å²) in [6.07, 6.45) is 3.59. The van der Waals surface area contributed by atoms with Crippen molar-refractivity contribution in [1.82, 2.24) is 0 Å². The van der Waals surface area contributed by atoms with Crippen molar-refractivity contribution in [2.45, 2.75) is 26.2 Å². The third kappa shape index (κ3) is 5.78. The molecule has 0 saturated carbocycles. The molecule has 0 radical (unpaired) electrons. The maximum absolute atomic E-state index is 13.9. The van der Waals surface area contributed by atoms with Gasteiger partial charge in [0.2, 0.25) is 0 Å². The van der Waals surface area contributed by atoms with Crippen LogP contribution in [0.5, 0.6) is 5.75 Å². The first kappa shape index (κ1) is 18.8. The highest BCUT2D eigenvalue weighted by atomic mass is 19.3. The van der Waals surface area contributed by atoms with Crippen molar-refractivity contribution in [1.29, 1.82) is 0 Å². The molecule has 5 heteroatoms. The highest BCUT2D eigenvalue weighted by Crippen LogP contribution is 2.25. The summed E-state index contributed by atoms with van der Waals surface area (Å²) in [5, 5.41) is 0. The minimum absolute atomic E-state index is 0.304. The Morgan fingerprint density at radius 3 is 2.12 bits per heavy atom. The number of benzene rings is 2. The van der Waals surface area contributed by atoms with Gasteiger partial charge in [-0.05, 0) is 35.2 Å². The summed E-state index contributed by atoms with van der Waals surface area (Å²) < 4.78 is 56.3. The van der Waals surface area contributed by atoms with Gasteiger partial charge in [-0.2, -0.15) is 0 Å². The van der Waals surface area contributed by atoms with Crippen LogP contribution in [0.1, 0.15) is 30.0 Å². The number of hydrogen-bond acceptors (Lipinski definition) is 1. The lowest BCUT2D eigenvalue weighted by Gasteiger charge is -2.05. The lowest BCUT2D eigenvalue weighted by molar-refractivity contribution is 0.200. The van der Waals surface area contributed by atoms with E-state index in [1.54, 1.807) is 12.2 Å². The summed E-state index contributed by atoms with van der Waals surface area (Å²) in [5.41, 5.74) is 2.44. The van der Waals surface area contributed by atoms with Gasteiger partial charge in [0.25, 0.3) is 6.43 Å². The lowest BCUT2D eigenvalue weighted by Crippen LogP contribution is -1.94. The predicted octanol–water partition coefficient (Wildman–Crippen LogP) is 6.25. The molecule has 0 aliphatic carbocycles. The van der Waals surface area contributed by atoms with Crippen LogP contribution in [0.2, 0.25) is 0 Å². The Kier molecular flexibility index (Phi) is 6.81. The molecule has 1 nitrogen and oxygen atoms in total. The number of halogens is 4. The van der Waals surface area contributed by atoms with E-state index in [1.807, 2.05) is 24.3 Å². The number of rotatable bonds is 7. The van der Waals surface area contributed by atoms with Gasteiger partial charge in [0.15, 0.2) is 17.4 Å². The summed E-state index contributed by atoms with van der Waals surface area (Å²) >= 11 is 0. The van der Waals surface area contributed by atoms with E-state index in [0.29, 0.717) is 17.9 Å². The van der Waals surface area contributed by atoms with Gasteiger partial charge in [0.05, 0.1) is 6.26 Å². The van der Waals surface area contributed by atoms with Crippen molar-refractivity contribution in [2.24, 2.45) is 0 Å². The largest absolute Gasteiger partial charge is 0.459 e. The molecular formula is C20H18F4O. The van der Waals surface area contributed by atoms with E-state index in [2.05, 4.69) is 11.7 Å². The molecule has 0 heterocycles. The maximum Gasteiger partial charge on any atom is 0.260 e. The first-order valence-electron chi connectivity index (χ1n) is 7.87. The molecule has 0 atom stereocenters. The average molecular weight is 350 g/mol. The zero-order chi connectivity index (χ0) is 18.2. The summed E-state index contributed by atoms with van der Waals surface area (Å²) in [7, 11) is 0. The highest BCUT2D eigenvalue weighted by Gasteiger charge is 2.11. The predicted molar refractivity (Wildman–Crippen MR) is 91.5 cm³/mol. The topological polar surface area (TPSA) is 9.23 Å². The van der Waals surface area contributed by atoms with Crippen LogP contribution in [-0.2, 0) is 6.42 Å². The van der Waals surface area contributed by atoms with Crippen LogP contribution in [0.15, 0.2) is 48.7 Å². The van der Waals surface area contributed by atoms with Gasteiger partial charge in [-0.3, -0.25) is 0 Å². The Bertz CT molecular complexity index is 726. The van der Waals surface area contributed by atoms with Crippen molar-refractivity contribution < 1.29 is 22.3 Å². The van der Waals surface area contributed by atoms with Gasteiger partial charge in [-0.1, -0.05) is 49.8 Å². The van der Waals surface area contributed by atoms with Gasteiger partial charge in [0, 0.05) is 6.08 Å². The van der Waals surface area contributed by atoms with E-state index in [9.17, 15) is 17.6 Å². The van der Waals surface area contributed by atoms with Crippen LogP contribution in [0.3, 0.4) is 0 Å². The SMILES string of the molecule is CCCc1ccc(C=Cc2cc(F)c(OC=CC(F)F)c(F)c2)cc1. The summed E-state index contributed by atoms with van der Waals surface area (Å²) in [4.78, 5) is 0. The number of allylic oxidation sites excluding steroid dienone is 1. The van der Waals surface area contributed by atoms with Gasteiger partial charge >= 0.3 is 0 Å². The quantitative estimate of drug-likeness (QED) is 0.326. The van der Waals surface area contributed by atoms with E-state index in [0.717, 1.165) is 30.5 Å². The number of ether oxygens (including phenoxy) is 1. The van der Waals surface area contributed by atoms with Crippen molar-refractivity contribution in [2.75, 3.05) is 0 Å². The molecule has 132 valence electrons. The Hall–Kier alpha value is -2.56. The monoisotopic (exact) mass is 350 g/mol. The number of alkyl halides is 2. The molecule has 0 saturated heterocycles. The van der Waals surface area contributed by atoms with Gasteiger partial charge in [-0.25, -0.2) is 17.6 Å². The van der Waals surface area contributed by atoms with Crippen molar-refractivity contribution in [3.8, 4) is 5.75 Å². The molecule has 0 aliphatic rings. The first-order chi connectivity index (χ1) is 12.0. The number of hydrogen-bond donors (Lipinski definition) is 0. The summed E-state index contributed by atoms with van der Waals surface area (Å²) in [5.74, 6) is -2.63. The number of aryl methyl sites for hydroxylation is 1. The van der Waals surface area contributed by atoms with E-state index < -0.39 is 23.8 Å². The van der Waals surface area contributed by atoms with E-state index in [1.165, 1.54) is 5.56 Å². The van der Waals surface area contributed by atoms with E-state index in [-0.39, 0.29) is 0 Å². The van der Waals surface area contributed by atoms with Gasteiger partial charge in [-0.15, -0.1) is 0 Å². The normalized spacial score (nSPS) is 11.8. The Labute approximate surface area is 144 Å². The molecule has 2 aromatic rings. The zero-order valence-corrected chi connectivity index (χ0v) is 13.7. The molecule has 0 spiro atoms. The standard InChI is InChI=1S/C20H18F4O/c1-2-3-14-4-6-15(7-5-14)8-9-16-12-17(21)20(18(22)13-16)25-11-10-19(23)24/h4-13,19H,2-3H2,1H3. The highest BCUT2D eigenvalue weighted by molar-refractivity contribution is 5.70. The second-order valence-electron chi connectivity index (χ2n) is 5.42. The van der Waals surface area contributed by atoms with Crippen LogP contribution in [0.25, 0.3) is 12.2 Å². The van der Waals surface area contributed by atoms with Crippen LogP contribution in [0.4, 0.5) is 17.6 Å². The third-order valence-electron chi connectivity index (χ3n) is 3.42. The Morgan fingerprint density at radius 1 is 0.960 bits per heavy atom. The Morgan fingerprint density at radius 2 is 1.56 bits per heavy atom. The molecule has 2 rings (SSSR count). The Balaban J connectivity index is 2.12. The lowest BCUT2D eigenvalue weighted by atomic mass is 10.1. The molecule has 0 unspecified atom stereocenters. The molecule has 2 aromatic carbocycles. The fourth-order valence-electron chi connectivity index (χ4n) is 2.23. The van der Waals surface area contributed by atoms with E-state index in [4.69, 9.17) is 0 Å². The fraction of sp³-hybridized carbons (Fsp3) is 0.200. The van der Waals surface area contributed by atoms with Crippen LogP contribution >= 0.6 is 0 Å². The molecule has 0 fully saturated rings. The summed E-state index contributed by atoms with van der Waals surface area (Å²) in [6.45, 7) is 2.10. The summed E-state index contributed by atoms with van der Waals surface area (Å²) in [6, 6.07) is 10.0. The average Bonchev–Trinajstić information content (AvgIpc) is 2.57. The second-order valence-corrected chi connectivity index (χ2v) is 5.42. The van der Waals surface area contributed by atoms with E-state index >= 15 is 0 Å². The zero-order valence-electron chi connectivity index (χ0n) is 13.7. The van der Waals surface area contributed by atoms with Crippen LogP contribution < -0.4 is 4.74 Å². The minimum Gasteiger partial charge on any atom is -0.459 e. The third-order valence-corrected chi connectivity index (χ3v) is 3.42. The second kappa shape index (κ2) is 9.06. The molecule has 25 heavy (non-hydrogen) atoms. The van der Waals surface area contributed by atoms with Gasteiger partial charge in [0.1, 0.15) is 0 Å². The molecule has 0 N–H and O–H groups in total. The minimum atomic E-state index is -2.75. The fourth-order valence-corrected chi connectivity index (χ4v) is 2.23. The van der Waals surface area contributed by atoms with Gasteiger partial charge < -0.3 is 4.74 Å². The molecule has 0 aliphatic heterocycles. The van der Waals surface area contributed by atoms with Crippen molar-refractivity contribution >= 4 is 12.2 Å². The molecule has 0 amide bonds.